The zero-order chi connectivity index (χ0) is 12.8. The lowest BCUT2D eigenvalue weighted by molar-refractivity contribution is 0.0731. The topological polar surface area (TPSA) is 30.5 Å². The summed E-state index contributed by atoms with van der Waals surface area (Å²) in [5.74, 6) is 2.11. The van der Waals surface area contributed by atoms with E-state index < -0.39 is 0 Å². The molecule has 0 aliphatic heterocycles. The second-order valence-electron chi connectivity index (χ2n) is 6.15. The zero-order valence-electron chi connectivity index (χ0n) is 12.0. The maximum atomic E-state index is 5.74. The smallest absolute Gasteiger partial charge is 0.0487 e. The Morgan fingerprint density at radius 3 is 2.61 bits per heavy atom. The standard InChI is InChI=1S/C15H29NO2/c1-3-16-12-15(10-13-9-14(13)11-15)5-8-18-7-4-6-17-2/h13-14,16H,3-12H2,1-2H3. The number of ether oxygens (including phenoxy) is 2. The van der Waals surface area contributed by atoms with Crippen molar-refractivity contribution < 1.29 is 9.47 Å². The van der Waals surface area contributed by atoms with Gasteiger partial charge in [-0.15, -0.1) is 0 Å². The fraction of sp³-hybridized carbons (Fsp3) is 1.00. The summed E-state index contributed by atoms with van der Waals surface area (Å²) in [5, 5.41) is 3.56. The van der Waals surface area contributed by atoms with Crippen molar-refractivity contribution in [2.45, 2.75) is 39.0 Å². The highest BCUT2D eigenvalue weighted by Crippen LogP contribution is 2.60. The van der Waals surface area contributed by atoms with Gasteiger partial charge in [-0.25, -0.2) is 0 Å². The molecule has 0 bridgehead atoms. The summed E-state index contributed by atoms with van der Waals surface area (Å²) in [4.78, 5) is 0. The molecular weight excluding hydrogens is 226 g/mol. The van der Waals surface area contributed by atoms with E-state index >= 15 is 0 Å². The van der Waals surface area contributed by atoms with Gasteiger partial charge in [0.25, 0.3) is 0 Å². The van der Waals surface area contributed by atoms with E-state index in [4.69, 9.17) is 9.47 Å². The van der Waals surface area contributed by atoms with Gasteiger partial charge in [-0.1, -0.05) is 6.92 Å². The van der Waals surface area contributed by atoms with Crippen LogP contribution in [0.15, 0.2) is 0 Å². The first kappa shape index (κ1) is 14.3. The summed E-state index contributed by atoms with van der Waals surface area (Å²) in [6.45, 7) is 7.06. The molecule has 3 heteroatoms. The van der Waals surface area contributed by atoms with Crippen LogP contribution in [0.25, 0.3) is 0 Å². The first-order valence-corrected chi connectivity index (χ1v) is 7.57. The van der Waals surface area contributed by atoms with Crippen molar-refractivity contribution in [3.63, 3.8) is 0 Å². The largest absolute Gasteiger partial charge is 0.385 e. The summed E-state index contributed by atoms with van der Waals surface area (Å²) >= 11 is 0. The van der Waals surface area contributed by atoms with E-state index in [0.29, 0.717) is 5.41 Å². The Bertz CT molecular complexity index is 235. The average Bonchev–Trinajstić information content (AvgIpc) is 3.00. The molecular formula is C15H29NO2. The predicted octanol–water partition coefficient (Wildman–Crippen LogP) is 2.46. The minimum atomic E-state index is 0.546. The Kier molecular flexibility index (Phi) is 5.46. The summed E-state index contributed by atoms with van der Waals surface area (Å²) in [5.41, 5.74) is 0.546. The van der Waals surface area contributed by atoms with E-state index in [1.54, 1.807) is 7.11 Å². The van der Waals surface area contributed by atoms with Gasteiger partial charge in [0.2, 0.25) is 0 Å². The van der Waals surface area contributed by atoms with Crippen molar-refractivity contribution in [1.29, 1.82) is 0 Å². The van der Waals surface area contributed by atoms with Crippen molar-refractivity contribution in [3.05, 3.63) is 0 Å². The van der Waals surface area contributed by atoms with Crippen LogP contribution in [0.2, 0.25) is 0 Å². The SMILES string of the molecule is CCNCC1(CCOCCCOC)CC2CC2C1. The number of hydrogen-bond donors (Lipinski definition) is 1. The van der Waals surface area contributed by atoms with Gasteiger partial charge >= 0.3 is 0 Å². The predicted molar refractivity (Wildman–Crippen MR) is 73.7 cm³/mol. The van der Waals surface area contributed by atoms with Crippen LogP contribution in [0.1, 0.15) is 39.0 Å². The fourth-order valence-electron chi connectivity index (χ4n) is 3.53. The van der Waals surface area contributed by atoms with Crippen LogP contribution in [-0.2, 0) is 9.47 Å². The summed E-state index contributed by atoms with van der Waals surface area (Å²) in [7, 11) is 1.75. The molecule has 2 aliphatic rings. The molecule has 0 radical (unpaired) electrons. The molecule has 0 saturated heterocycles. The first-order valence-electron chi connectivity index (χ1n) is 7.57. The lowest BCUT2D eigenvalue weighted by Crippen LogP contribution is -2.34. The molecule has 2 saturated carbocycles. The van der Waals surface area contributed by atoms with Crippen molar-refractivity contribution >= 4 is 0 Å². The lowest BCUT2D eigenvalue weighted by Gasteiger charge is -2.31. The second-order valence-corrected chi connectivity index (χ2v) is 6.15. The van der Waals surface area contributed by atoms with Crippen LogP contribution in [0.4, 0.5) is 0 Å². The van der Waals surface area contributed by atoms with E-state index in [-0.39, 0.29) is 0 Å². The molecule has 18 heavy (non-hydrogen) atoms. The summed E-state index contributed by atoms with van der Waals surface area (Å²) in [6.07, 6.45) is 6.63. The van der Waals surface area contributed by atoms with Gasteiger partial charge in [-0.2, -0.15) is 0 Å². The molecule has 0 heterocycles. The molecule has 2 fully saturated rings. The highest BCUT2D eigenvalue weighted by molar-refractivity contribution is 5.03. The quantitative estimate of drug-likeness (QED) is 0.608. The van der Waals surface area contributed by atoms with Crippen molar-refractivity contribution in [1.82, 2.24) is 5.32 Å². The maximum absolute atomic E-state index is 5.74. The van der Waals surface area contributed by atoms with Crippen molar-refractivity contribution in [2.24, 2.45) is 17.3 Å². The lowest BCUT2D eigenvalue weighted by atomic mass is 9.80. The number of rotatable bonds is 10. The van der Waals surface area contributed by atoms with E-state index in [9.17, 15) is 0 Å². The molecule has 0 spiro atoms. The minimum Gasteiger partial charge on any atom is -0.385 e. The van der Waals surface area contributed by atoms with E-state index in [1.807, 2.05) is 0 Å². The van der Waals surface area contributed by atoms with Gasteiger partial charge in [0.15, 0.2) is 0 Å². The van der Waals surface area contributed by atoms with Crippen LogP contribution in [0, 0.1) is 17.3 Å². The third-order valence-corrected chi connectivity index (χ3v) is 4.62. The van der Waals surface area contributed by atoms with Crippen LogP contribution in [-0.4, -0.2) is 40.0 Å². The number of hydrogen-bond acceptors (Lipinski definition) is 3. The highest BCUT2D eigenvalue weighted by Gasteiger charge is 2.52. The third-order valence-electron chi connectivity index (χ3n) is 4.62. The van der Waals surface area contributed by atoms with Gasteiger partial charge in [-0.05, 0) is 55.9 Å². The molecule has 106 valence electrons. The fourth-order valence-corrected chi connectivity index (χ4v) is 3.53. The molecule has 2 atom stereocenters. The number of nitrogens with one attached hydrogen (secondary N) is 1. The zero-order valence-corrected chi connectivity index (χ0v) is 12.0. The average molecular weight is 255 g/mol. The molecule has 1 N–H and O–H groups in total. The van der Waals surface area contributed by atoms with Crippen LogP contribution in [0.3, 0.4) is 0 Å². The molecule has 0 aromatic carbocycles. The van der Waals surface area contributed by atoms with Crippen LogP contribution < -0.4 is 5.32 Å². The Labute approximate surface area is 112 Å². The third kappa shape index (κ3) is 3.94. The molecule has 2 unspecified atom stereocenters. The number of methoxy groups -OCH3 is 1. The van der Waals surface area contributed by atoms with Crippen LogP contribution >= 0.6 is 0 Å². The maximum Gasteiger partial charge on any atom is 0.0487 e. The molecule has 2 aliphatic carbocycles. The van der Waals surface area contributed by atoms with Crippen LogP contribution in [0.5, 0.6) is 0 Å². The van der Waals surface area contributed by atoms with Crippen molar-refractivity contribution in [2.75, 3.05) is 40.0 Å². The Morgan fingerprint density at radius 1 is 1.17 bits per heavy atom. The molecule has 0 amide bonds. The molecule has 2 rings (SSSR count). The van der Waals surface area contributed by atoms with Crippen molar-refractivity contribution in [3.8, 4) is 0 Å². The Hall–Kier alpha value is -0.120. The second kappa shape index (κ2) is 6.88. The highest BCUT2D eigenvalue weighted by atomic mass is 16.5. The Morgan fingerprint density at radius 2 is 1.94 bits per heavy atom. The molecule has 0 aromatic heterocycles. The van der Waals surface area contributed by atoms with E-state index in [0.717, 1.165) is 44.6 Å². The normalized spacial score (nSPS) is 33.7. The van der Waals surface area contributed by atoms with E-state index in [2.05, 4.69) is 12.2 Å². The summed E-state index contributed by atoms with van der Waals surface area (Å²) < 4.78 is 10.8. The molecule has 0 aromatic rings. The number of fused-ring (bicyclic) bond motifs is 1. The Balaban J connectivity index is 1.63. The monoisotopic (exact) mass is 255 g/mol. The van der Waals surface area contributed by atoms with Gasteiger partial charge in [0.05, 0.1) is 0 Å². The minimum absolute atomic E-state index is 0.546. The van der Waals surface area contributed by atoms with Gasteiger partial charge in [0, 0.05) is 33.5 Å². The van der Waals surface area contributed by atoms with Gasteiger partial charge in [-0.3, -0.25) is 0 Å². The first-order chi connectivity index (χ1) is 8.79. The van der Waals surface area contributed by atoms with Gasteiger partial charge < -0.3 is 14.8 Å². The molecule has 3 nitrogen and oxygen atoms in total. The summed E-state index contributed by atoms with van der Waals surface area (Å²) in [6, 6.07) is 0. The van der Waals surface area contributed by atoms with Gasteiger partial charge in [0.1, 0.15) is 0 Å². The van der Waals surface area contributed by atoms with E-state index in [1.165, 1.54) is 32.2 Å².